The molecule has 1 atom stereocenters. The Morgan fingerprint density at radius 2 is 1.92 bits per heavy atom. The van der Waals surface area contributed by atoms with Gasteiger partial charge in [-0.3, -0.25) is 14.4 Å². The third-order valence-electron chi connectivity index (χ3n) is 5.28. The summed E-state index contributed by atoms with van der Waals surface area (Å²) in [6, 6.07) is 0. The molecule has 1 N–H and O–H groups in total. The lowest BCUT2D eigenvalue weighted by Crippen LogP contribution is -2.39. The van der Waals surface area contributed by atoms with Crippen molar-refractivity contribution in [1.29, 1.82) is 0 Å². The van der Waals surface area contributed by atoms with Crippen LogP contribution in [0.5, 0.6) is 0 Å². The summed E-state index contributed by atoms with van der Waals surface area (Å²) in [7, 11) is 0. The second-order valence-electron chi connectivity index (χ2n) is 6.85. The van der Waals surface area contributed by atoms with Gasteiger partial charge >= 0.3 is 0 Å². The first-order valence-electron chi connectivity index (χ1n) is 8.63. The molecule has 0 radical (unpaired) electrons. The van der Waals surface area contributed by atoms with E-state index in [1.165, 1.54) is 0 Å². The number of carbonyl (C=O) groups excluding carboxylic acids is 3. The van der Waals surface area contributed by atoms with Gasteiger partial charge in [0.25, 0.3) is 5.91 Å². The third kappa shape index (κ3) is 3.48. The molecule has 6 nitrogen and oxygen atoms in total. The number of rotatable bonds is 1. The van der Waals surface area contributed by atoms with Gasteiger partial charge in [-0.1, -0.05) is 11.6 Å². The fraction of sp³-hybridized carbons (Fsp3) is 0.474. The smallest absolute Gasteiger partial charge is 0.251 e. The van der Waals surface area contributed by atoms with Crippen molar-refractivity contribution in [1.82, 2.24) is 10.2 Å². The van der Waals surface area contributed by atoms with E-state index in [4.69, 9.17) is 0 Å². The summed E-state index contributed by atoms with van der Waals surface area (Å²) in [5.74, 6) is -0.292. The predicted octanol–water partition coefficient (Wildman–Crippen LogP) is 1.75. The molecule has 1 aliphatic carbocycles. The molecule has 2 heterocycles. The highest BCUT2D eigenvalue weighted by molar-refractivity contribution is 6.11. The number of piperidine rings is 1. The van der Waals surface area contributed by atoms with Crippen LogP contribution in [-0.2, 0) is 14.4 Å². The molecule has 3 aliphatic rings. The van der Waals surface area contributed by atoms with Crippen molar-refractivity contribution in [2.75, 3.05) is 13.1 Å². The Bertz CT molecular complexity index is 750. The summed E-state index contributed by atoms with van der Waals surface area (Å²) >= 11 is 0. The maximum absolute atomic E-state index is 12.4. The van der Waals surface area contributed by atoms with E-state index in [0.717, 1.165) is 16.8 Å². The van der Waals surface area contributed by atoms with Gasteiger partial charge in [0, 0.05) is 43.1 Å². The molecule has 6 heteroatoms. The number of likely N-dealkylation sites (tertiary alicyclic amines) is 1. The Hall–Kier alpha value is -2.50. The second kappa shape index (κ2) is 6.78. The van der Waals surface area contributed by atoms with E-state index in [0.29, 0.717) is 31.6 Å². The van der Waals surface area contributed by atoms with E-state index in [2.05, 4.69) is 10.3 Å². The Balaban J connectivity index is 1.71. The van der Waals surface area contributed by atoms with Gasteiger partial charge in [-0.05, 0) is 38.8 Å². The van der Waals surface area contributed by atoms with Gasteiger partial charge in [-0.15, -0.1) is 0 Å². The summed E-state index contributed by atoms with van der Waals surface area (Å²) in [4.78, 5) is 41.7. The Morgan fingerprint density at radius 3 is 2.56 bits per heavy atom. The minimum atomic E-state index is -0.149. The van der Waals surface area contributed by atoms with Crippen molar-refractivity contribution >= 4 is 23.4 Å². The largest absolute Gasteiger partial charge is 0.343 e. The lowest BCUT2D eigenvalue weighted by atomic mass is 9.85. The predicted molar refractivity (Wildman–Crippen MR) is 94.6 cm³/mol. The lowest BCUT2D eigenvalue weighted by molar-refractivity contribution is -0.132. The molecule has 0 aromatic heterocycles. The van der Waals surface area contributed by atoms with Gasteiger partial charge in [-0.25, -0.2) is 4.99 Å². The zero-order chi connectivity index (χ0) is 18.1. The van der Waals surface area contributed by atoms with E-state index < -0.39 is 0 Å². The molecule has 0 aromatic carbocycles. The number of aliphatic imine (C=N–C) groups is 1. The summed E-state index contributed by atoms with van der Waals surface area (Å²) in [5.41, 5.74) is 3.10. The van der Waals surface area contributed by atoms with Crippen molar-refractivity contribution in [3.63, 3.8) is 0 Å². The first-order chi connectivity index (χ1) is 11.9. The Morgan fingerprint density at radius 1 is 1.24 bits per heavy atom. The van der Waals surface area contributed by atoms with Gasteiger partial charge in [0.1, 0.15) is 0 Å². The molecule has 1 saturated heterocycles. The van der Waals surface area contributed by atoms with Crippen LogP contribution in [0.3, 0.4) is 0 Å². The highest BCUT2D eigenvalue weighted by Crippen LogP contribution is 2.30. The van der Waals surface area contributed by atoms with Gasteiger partial charge in [0.15, 0.2) is 0 Å². The standard InChI is InChI=1S/C19H23N3O3/c1-11-12(2)18(24)21-17-10-15(4-5-16(11)17)20-19(25)14-6-8-22(9-7-14)13(3)23/h4-5,10,14,16H,6-9H2,1-3H3,(H,21,24). The quantitative estimate of drug-likeness (QED) is 0.789. The van der Waals surface area contributed by atoms with E-state index in [9.17, 15) is 14.4 Å². The summed E-state index contributed by atoms with van der Waals surface area (Å²) in [6.07, 6.45) is 6.88. The summed E-state index contributed by atoms with van der Waals surface area (Å²) in [5, 5.41) is 2.88. The van der Waals surface area contributed by atoms with E-state index in [-0.39, 0.29) is 29.6 Å². The maximum Gasteiger partial charge on any atom is 0.251 e. The van der Waals surface area contributed by atoms with E-state index in [1.54, 1.807) is 17.9 Å². The van der Waals surface area contributed by atoms with Crippen LogP contribution < -0.4 is 5.32 Å². The zero-order valence-electron chi connectivity index (χ0n) is 14.8. The highest BCUT2D eigenvalue weighted by Gasteiger charge is 2.29. The van der Waals surface area contributed by atoms with Gasteiger partial charge in [0.2, 0.25) is 11.8 Å². The fourth-order valence-electron chi connectivity index (χ4n) is 3.45. The first-order valence-corrected chi connectivity index (χ1v) is 8.63. The molecule has 3 amide bonds. The normalized spacial score (nSPS) is 25.6. The fourth-order valence-corrected chi connectivity index (χ4v) is 3.45. The van der Waals surface area contributed by atoms with Crippen LogP contribution in [0, 0.1) is 11.8 Å². The van der Waals surface area contributed by atoms with Crippen LogP contribution in [0.25, 0.3) is 0 Å². The number of fused-ring (bicyclic) bond motifs is 1. The summed E-state index contributed by atoms with van der Waals surface area (Å²) < 4.78 is 0. The van der Waals surface area contributed by atoms with Gasteiger partial charge in [-0.2, -0.15) is 0 Å². The van der Waals surface area contributed by atoms with Crippen LogP contribution >= 0.6 is 0 Å². The van der Waals surface area contributed by atoms with Crippen LogP contribution in [-0.4, -0.2) is 41.4 Å². The van der Waals surface area contributed by atoms with Crippen LogP contribution in [0.15, 0.2) is 40.1 Å². The molecule has 2 aliphatic heterocycles. The molecule has 3 rings (SSSR count). The number of allylic oxidation sites excluding steroid dienone is 3. The van der Waals surface area contributed by atoms with Crippen molar-refractivity contribution in [2.45, 2.75) is 33.6 Å². The van der Waals surface area contributed by atoms with E-state index in [1.807, 2.05) is 26.0 Å². The third-order valence-corrected chi connectivity index (χ3v) is 5.28. The molecule has 1 fully saturated rings. The summed E-state index contributed by atoms with van der Waals surface area (Å²) in [6.45, 7) is 6.53. The van der Waals surface area contributed by atoms with Crippen molar-refractivity contribution in [2.24, 2.45) is 16.8 Å². The number of nitrogens with zero attached hydrogens (tertiary/aromatic N) is 2. The van der Waals surface area contributed by atoms with Crippen LogP contribution in [0.1, 0.15) is 33.6 Å². The van der Waals surface area contributed by atoms with Crippen LogP contribution in [0.2, 0.25) is 0 Å². The van der Waals surface area contributed by atoms with E-state index >= 15 is 0 Å². The molecular weight excluding hydrogens is 318 g/mol. The van der Waals surface area contributed by atoms with Gasteiger partial charge < -0.3 is 10.2 Å². The molecule has 25 heavy (non-hydrogen) atoms. The highest BCUT2D eigenvalue weighted by atomic mass is 16.2. The second-order valence-corrected chi connectivity index (χ2v) is 6.85. The monoisotopic (exact) mass is 341 g/mol. The minimum Gasteiger partial charge on any atom is -0.343 e. The average Bonchev–Trinajstić information content (AvgIpc) is 2.59. The average molecular weight is 341 g/mol. The first kappa shape index (κ1) is 17.3. The molecule has 1 unspecified atom stereocenters. The zero-order valence-corrected chi connectivity index (χ0v) is 14.8. The molecule has 0 bridgehead atoms. The number of nitrogens with one attached hydrogen (secondary N) is 1. The van der Waals surface area contributed by atoms with Gasteiger partial charge in [0.05, 0.1) is 5.71 Å². The van der Waals surface area contributed by atoms with Crippen molar-refractivity contribution in [3.05, 3.63) is 35.1 Å². The SMILES string of the molecule is CC(=O)N1CCC(C(=O)N=C2C=CC3C(=C2)NC(=O)C(C)=C3C)CC1. The number of hydrogen-bond acceptors (Lipinski definition) is 3. The molecule has 132 valence electrons. The number of hydrogen-bond donors (Lipinski definition) is 1. The minimum absolute atomic E-state index is 0.0468. The lowest BCUT2D eigenvalue weighted by Gasteiger charge is -2.30. The Kier molecular flexibility index (Phi) is 4.70. The molecular formula is C19H23N3O3. The van der Waals surface area contributed by atoms with Crippen molar-refractivity contribution in [3.8, 4) is 0 Å². The Labute approximate surface area is 147 Å². The molecule has 0 saturated carbocycles. The number of carbonyl (C=O) groups is 3. The molecule has 0 spiro atoms. The van der Waals surface area contributed by atoms with Crippen LogP contribution in [0.4, 0.5) is 0 Å². The van der Waals surface area contributed by atoms with Crippen molar-refractivity contribution < 1.29 is 14.4 Å². The topological polar surface area (TPSA) is 78.8 Å². The molecule has 0 aromatic rings. The maximum atomic E-state index is 12.4. The number of amides is 3.